The third kappa shape index (κ3) is 4.18. The van der Waals surface area contributed by atoms with E-state index in [0.29, 0.717) is 30.9 Å². The molecule has 0 saturated heterocycles. The Kier molecular flexibility index (Phi) is 6.42. The van der Waals surface area contributed by atoms with Crippen LogP contribution in [-0.4, -0.2) is 15.7 Å². The van der Waals surface area contributed by atoms with Crippen molar-refractivity contribution in [2.75, 3.05) is 6.61 Å². The maximum absolute atomic E-state index is 14.2. The van der Waals surface area contributed by atoms with E-state index in [1.54, 1.807) is 12.1 Å². The zero-order valence-corrected chi connectivity index (χ0v) is 19.1. The zero-order valence-electron chi connectivity index (χ0n) is 17.4. The number of nitrogens with one attached hydrogen (secondary N) is 1. The average Bonchev–Trinajstić information content (AvgIpc) is 3.06. The molecule has 32 heavy (non-hydrogen) atoms. The highest BCUT2D eigenvalue weighted by Gasteiger charge is 2.12. The summed E-state index contributed by atoms with van der Waals surface area (Å²) in [6.07, 6.45) is 0. The maximum atomic E-state index is 14.2. The highest BCUT2D eigenvalue weighted by Crippen LogP contribution is 2.21. The Morgan fingerprint density at radius 1 is 0.750 bits per heavy atom. The molecule has 0 spiro atoms. The molecule has 0 atom stereocenters. The van der Waals surface area contributed by atoms with Gasteiger partial charge in [0, 0.05) is 5.56 Å². The van der Waals surface area contributed by atoms with E-state index in [1.807, 2.05) is 69.8 Å². The van der Waals surface area contributed by atoms with Gasteiger partial charge in [0.25, 0.3) is 0 Å². The van der Waals surface area contributed by atoms with Gasteiger partial charge in [-0.2, -0.15) is 0 Å². The summed E-state index contributed by atoms with van der Waals surface area (Å²) in [6.45, 7) is 1.27. The van der Waals surface area contributed by atoms with Crippen LogP contribution in [0, 0.1) is 11.2 Å². The Bertz CT molecular complexity index is 1440. The summed E-state index contributed by atoms with van der Waals surface area (Å²) in [5, 5.41) is 11.0. The Morgan fingerprint density at radius 2 is 1.41 bits per heavy atom. The molecular formula is C26H23BrFN3O. The van der Waals surface area contributed by atoms with Crippen LogP contribution in [0.1, 0.15) is 5.56 Å². The fourth-order valence-corrected chi connectivity index (χ4v) is 3.99. The summed E-state index contributed by atoms with van der Waals surface area (Å²) in [7, 11) is 0. The summed E-state index contributed by atoms with van der Waals surface area (Å²) >= 11 is 0. The Hall–Kier alpha value is -3.38. The van der Waals surface area contributed by atoms with Crippen molar-refractivity contribution in [3.63, 3.8) is 0 Å². The van der Waals surface area contributed by atoms with Gasteiger partial charge in [0.2, 0.25) is 5.62 Å². The lowest BCUT2D eigenvalue weighted by Gasteiger charge is -2.09. The predicted octanol–water partition coefficient (Wildman–Crippen LogP) is 5.92. The van der Waals surface area contributed by atoms with Crippen LogP contribution >= 0.6 is 17.0 Å². The molecule has 0 unspecified atom stereocenters. The number of para-hydroxylation sites is 2. The smallest absolute Gasteiger partial charge is 0.203 e. The summed E-state index contributed by atoms with van der Waals surface area (Å²) in [5.41, 5.74) is 2.73. The number of hydrogen-bond donors (Lipinski definition) is 1. The molecule has 1 aromatic heterocycles. The molecule has 162 valence electrons. The first-order chi connectivity index (χ1) is 15.2. The zero-order chi connectivity index (χ0) is 21.2. The first-order valence-electron chi connectivity index (χ1n) is 10.3. The number of imidazole rings is 1. The molecule has 0 fully saturated rings. The van der Waals surface area contributed by atoms with Gasteiger partial charge in [-0.05, 0) is 41.1 Å². The first kappa shape index (κ1) is 21.8. The van der Waals surface area contributed by atoms with Crippen molar-refractivity contribution in [2.45, 2.75) is 13.1 Å². The van der Waals surface area contributed by atoms with Gasteiger partial charge in [-0.15, -0.1) is 17.0 Å². The molecule has 0 radical (unpaired) electrons. The van der Waals surface area contributed by atoms with E-state index < -0.39 is 0 Å². The molecule has 5 rings (SSSR count). The minimum Gasteiger partial charge on any atom is -0.492 e. The van der Waals surface area contributed by atoms with Crippen molar-refractivity contribution in [3.05, 3.63) is 108 Å². The fraction of sp³-hybridized carbons (Fsp3) is 0.115. The molecule has 0 bridgehead atoms. The van der Waals surface area contributed by atoms with Gasteiger partial charge in [-0.3, -0.25) is 5.41 Å². The van der Waals surface area contributed by atoms with E-state index in [4.69, 9.17) is 10.1 Å². The monoisotopic (exact) mass is 491 g/mol. The Morgan fingerprint density at radius 3 is 2.19 bits per heavy atom. The van der Waals surface area contributed by atoms with Crippen molar-refractivity contribution in [2.24, 2.45) is 0 Å². The van der Waals surface area contributed by atoms with Gasteiger partial charge >= 0.3 is 0 Å². The summed E-state index contributed by atoms with van der Waals surface area (Å²) < 4.78 is 24.0. The molecule has 0 aliphatic rings. The Labute approximate surface area is 195 Å². The van der Waals surface area contributed by atoms with Crippen molar-refractivity contribution >= 4 is 38.8 Å². The van der Waals surface area contributed by atoms with Crippen LogP contribution in [0.25, 0.3) is 21.8 Å². The van der Waals surface area contributed by atoms with E-state index in [-0.39, 0.29) is 22.8 Å². The number of aromatic nitrogens is 2. The highest BCUT2D eigenvalue weighted by atomic mass is 79.9. The Balaban J connectivity index is 0.00000245. The third-order valence-electron chi connectivity index (χ3n) is 5.57. The van der Waals surface area contributed by atoms with E-state index in [1.165, 1.54) is 11.5 Å². The predicted molar refractivity (Wildman–Crippen MR) is 131 cm³/mol. The number of fused-ring (bicyclic) bond motifs is 2. The lowest BCUT2D eigenvalue weighted by molar-refractivity contribution is 0.297. The van der Waals surface area contributed by atoms with Gasteiger partial charge < -0.3 is 13.9 Å². The van der Waals surface area contributed by atoms with Crippen LogP contribution in [0.3, 0.4) is 0 Å². The maximum Gasteiger partial charge on any atom is 0.203 e. The van der Waals surface area contributed by atoms with Crippen molar-refractivity contribution in [1.82, 2.24) is 9.13 Å². The van der Waals surface area contributed by atoms with Gasteiger partial charge in [0.05, 0.1) is 24.1 Å². The topological polar surface area (TPSA) is 42.9 Å². The summed E-state index contributed by atoms with van der Waals surface area (Å²) in [5.74, 6) is 0.548. The van der Waals surface area contributed by atoms with Crippen LogP contribution in [0.5, 0.6) is 5.75 Å². The van der Waals surface area contributed by atoms with Crippen LogP contribution in [0.4, 0.5) is 4.39 Å². The van der Waals surface area contributed by atoms with Crippen LogP contribution in [0.2, 0.25) is 0 Å². The summed E-state index contributed by atoms with van der Waals surface area (Å²) in [6, 6.07) is 28.8. The van der Waals surface area contributed by atoms with E-state index >= 15 is 0 Å². The van der Waals surface area contributed by atoms with Gasteiger partial charge in [0.1, 0.15) is 18.2 Å². The minimum atomic E-state index is -0.258. The van der Waals surface area contributed by atoms with Crippen LogP contribution in [-0.2, 0) is 13.1 Å². The number of nitrogens with zero attached hydrogens (tertiary/aromatic N) is 2. The number of ether oxygens (including phenoxy) is 1. The number of hydrogen-bond acceptors (Lipinski definition) is 2. The van der Waals surface area contributed by atoms with E-state index in [9.17, 15) is 4.39 Å². The number of halogens is 2. The molecule has 0 amide bonds. The minimum absolute atomic E-state index is 0. The second-order valence-corrected chi connectivity index (χ2v) is 7.50. The van der Waals surface area contributed by atoms with Crippen molar-refractivity contribution in [1.29, 1.82) is 5.41 Å². The van der Waals surface area contributed by atoms with Crippen molar-refractivity contribution < 1.29 is 9.13 Å². The van der Waals surface area contributed by atoms with Crippen LogP contribution < -0.4 is 10.4 Å². The molecule has 0 aliphatic carbocycles. The summed E-state index contributed by atoms with van der Waals surface area (Å²) in [4.78, 5) is 0. The molecule has 1 heterocycles. The first-order valence-corrected chi connectivity index (χ1v) is 10.3. The average molecular weight is 492 g/mol. The molecule has 0 aliphatic heterocycles. The third-order valence-corrected chi connectivity index (χ3v) is 5.57. The van der Waals surface area contributed by atoms with Crippen molar-refractivity contribution in [3.8, 4) is 5.75 Å². The molecule has 4 aromatic carbocycles. The SMILES string of the molecule is Br.N=c1n(CCOc2ccc3ccccc3c2)c2ccccc2n1Cc1ccccc1F. The lowest BCUT2D eigenvalue weighted by Crippen LogP contribution is -2.27. The molecule has 4 nitrogen and oxygen atoms in total. The molecule has 0 saturated carbocycles. The molecule has 1 N–H and O–H groups in total. The molecular weight excluding hydrogens is 469 g/mol. The second kappa shape index (κ2) is 9.40. The van der Waals surface area contributed by atoms with Crippen LogP contribution in [0.15, 0.2) is 91.0 Å². The number of benzene rings is 4. The van der Waals surface area contributed by atoms with E-state index in [0.717, 1.165) is 22.2 Å². The lowest BCUT2D eigenvalue weighted by atomic mass is 10.1. The normalized spacial score (nSPS) is 10.9. The second-order valence-electron chi connectivity index (χ2n) is 7.50. The van der Waals surface area contributed by atoms with E-state index in [2.05, 4.69) is 12.1 Å². The van der Waals surface area contributed by atoms with Gasteiger partial charge in [-0.25, -0.2) is 4.39 Å². The fourth-order valence-electron chi connectivity index (χ4n) is 3.99. The standard InChI is InChI=1S/C26H22FN3O.BrH/c27-23-10-4-3-9-21(23)18-30-25-12-6-5-11-24(25)29(26(30)28)15-16-31-22-14-13-19-7-1-2-8-20(19)17-22;/h1-14,17,28H,15-16,18H2;1H. The molecule has 5 aromatic rings. The number of rotatable bonds is 6. The quantitative estimate of drug-likeness (QED) is 0.314. The van der Waals surface area contributed by atoms with Gasteiger partial charge in [0.15, 0.2) is 0 Å². The van der Waals surface area contributed by atoms with Gasteiger partial charge in [-0.1, -0.05) is 60.7 Å². The largest absolute Gasteiger partial charge is 0.492 e. The molecule has 6 heteroatoms. The highest BCUT2D eigenvalue weighted by molar-refractivity contribution is 8.93.